The molecule has 3 heteroatoms. The minimum Gasteiger partial charge on any atom is -0.341 e. The highest BCUT2D eigenvalue weighted by Crippen LogP contribution is 2.28. The third-order valence-corrected chi connectivity index (χ3v) is 3.10. The molecule has 0 rings (SSSR count). The van der Waals surface area contributed by atoms with Gasteiger partial charge in [-0.3, -0.25) is 4.79 Å². The summed E-state index contributed by atoms with van der Waals surface area (Å²) in [6.45, 7) is 9.47. The van der Waals surface area contributed by atoms with Crippen LogP contribution in [0.1, 0.15) is 53.4 Å². The number of amides is 1. The van der Waals surface area contributed by atoms with Gasteiger partial charge in [0.15, 0.2) is 0 Å². The molecule has 0 aliphatic rings. The Morgan fingerprint density at radius 3 is 1.81 bits per heavy atom. The van der Waals surface area contributed by atoms with Gasteiger partial charge in [0.1, 0.15) is 5.41 Å². The van der Waals surface area contributed by atoms with Gasteiger partial charge in [-0.05, 0) is 25.7 Å². The van der Waals surface area contributed by atoms with Crippen LogP contribution in [0.15, 0.2) is 0 Å². The minimum atomic E-state index is -0.801. The lowest BCUT2D eigenvalue weighted by atomic mass is 9.82. The predicted octanol–water partition coefficient (Wildman–Crippen LogP) is 2.96. The number of nitrogens with zero attached hydrogens (tertiary/aromatic N) is 2. The number of hydrogen-bond acceptors (Lipinski definition) is 2. The first kappa shape index (κ1) is 15.0. The molecule has 92 valence electrons. The smallest absolute Gasteiger partial charge is 0.243 e. The van der Waals surface area contributed by atoms with Gasteiger partial charge >= 0.3 is 0 Å². The summed E-state index contributed by atoms with van der Waals surface area (Å²) >= 11 is 0. The standard InChI is InChI=1S/C13H24N2O/c1-5-9-15(10-6-2)12(16)13(7-3,8-4)11-14/h5-10H2,1-4H3. The van der Waals surface area contributed by atoms with Gasteiger partial charge in [-0.2, -0.15) is 5.26 Å². The molecule has 0 aromatic carbocycles. The molecular weight excluding hydrogens is 200 g/mol. The molecule has 0 bridgehead atoms. The Hall–Kier alpha value is -1.04. The largest absolute Gasteiger partial charge is 0.341 e. The van der Waals surface area contributed by atoms with Crippen LogP contribution < -0.4 is 0 Å². The lowest BCUT2D eigenvalue weighted by Gasteiger charge is -2.30. The first-order valence-corrected chi connectivity index (χ1v) is 6.32. The van der Waals surface area contributed by atoms with Crippen LogP contribution in [0.4, 0.5) is 0 Å². The zero-order valence-electron chi connectivity index (χ0n) is 11.0. The van der Waals surface area contributed by atoms with Gasteiger partial charge in [0, 0.05) is 13.1 Å². The molecule has 0 atom stereocenters. The molecule has 0 radical (unpaired) electrons. The molecule has 0 N–H and O–H groups in total. The van der Waals surface area contributed by atoms with Crippen molar-refractivity contribution < 1.29 is 4.79 Å². The molecule has 0 aromatic rings. The molecule has 0 aliphatic heterocycles. The van der Waals surface area contributed by atoms with E-state index in [4.69, 9.17) is 0 Å². The van der Waals surface area contributed by atoms with E-state index in [1.165, 1.54) is 0 Å². The Balaban J connectivity index is 4.88. The number of rotatable bonds is 7. The summed E-state index contributed by atoms with van der Waals surface area (Å²) < 4.78 is 0. The monoisotopic (exact) mass is 224 g/mol. The van der Waals surface area contributed by atoms with E-state index in [0.29, 0.717) is 12.8 Å². The van der Waals surface area contributed by atoms with E-state index in [2.05, 4.69) is 19.9 Å². The second kappa shape index (κ2) is 7.27. The first-order valence-electron chi connectivity index (χ1n) is 6.32. The van der Waals surface area contributed by atoms with Crippen LogP contribution in [-0.4, -0.2) is 23.9 Å². The van der Waals surface area contributed by atoms with E-state index in [1.807, 2.05) is 18.7 Å². The highest BCUT2D eigenvalue weighted by atomic mass is 16.2. The quantitative estimate of drug-likeness (QED) is 0.667. The molecule has 0 saturated heterocycles. The predicted molar refractivity (Wildman–Crippen MR) is 65.8 cm³/mol. The van der Waals surface area contributed by atoms with E-state index in [-0.39, 0.29) is 5.91 Å². The van der Waals surface area contributed by atoms with E-state index >= 15 is 0 Å². The van der Waals surface area contributed by atoms with Gasteiger partial charge in [0.25, 0.3) is 0 Å². The molecule has 3 nitrogen and oxygen atoms in total. The van der Waals surface area contributed by atoms with Gasteiger partial charge in [-0.25, -0.2) is 0 Å². The SMILES string of the molecule is CCCN(CCC)C(=O)C(C#N)(CC)CC. The van der Waals surface area contributed by atoms with Gasteiger partial charge in [-0.1, -0.05) is 27.7 Å². The van der Waals surface area contributed by atoms with Crippen molar-refractivity contribution in [1.29, 1.82) is 5.26 Å². The summed E-state index contributed by atoms with van der Waals surface area (Å²) in [5.41, 5.74) is -0.801. The topological polar surface area (TPSA) is 44.1 Å². The summed E-state index contributed by atoms with van der Waals surface area (Å²) in [4.78, 5) is 14.2. The third-order valence-electron chi connectivity index (χ3n) is 3.10. The number of hydrogen-bond donors (Lipinski definition) is 0. The average Bonchev–Trinajstić information content (AvgIpc) is 2.31. The lowest BCUT2D eigenvalue weighted by molar-refractivity contribution is -0.139. The number of nitriles is 1. The molecule has 0 aliphatic carbocycles. The average molecular weight is 224 g/mol. The normalized spacial score (nSPS) is 10.9. The molecule has 0 heterocycles. The molecule has 0 saturated carbocycles. The highest BCUT2D eigenvalue weighted by Gasteiger charge is 2.37. The summed E-state index contributed by atoms with van der Waals surface area (Å²) in [6, 6.07) is 2.22. The maximum absolute atomic E-state index is 12.3. The summed E-state index contributed by atoms with van der Waals surface area (Å²) in [5.74, 6) is 0.0173. The first-order chi connectivity index (χ1) is 7.61. The molecule has 16 heavy (non-hydrogen) atoms. The van der Waals surface area contributed by atoms with Gasteiger partial charge < -0.3 is 4.90 Å². The van der Waals surface area contributed by atoms with E-state index < -0.39 is 5.41 Å². The molecule has 0 fully saturated rings. The van der Waals surface area contributed by atoms with Crippen LogP contribution in [0, 0.1) is 16.7 Å². The fourth-order valence-corrected chi connectivity index (χ4v) is 1.92. The zero-order chi connectivity index (χ0) is 12.6. The zero-order valence-corrected chi connectivity index (χ0v) is 11.0. The van der Waals surface area contributed by atoms with Gasteiger partial charge in [0.05, 0.1) is 6.07 Å². The van der Waals surface area contributed by atoms with Crippen molar-refractivity contribution in [2.75, 3.05) is 13.1 Å². The maximum atomic E-state index is 12.3. The molecule has 0 aromatic heterocycles. The second-order valence-corrected chi connectivity index (χ2v) is 4.19. The fraction of sp³-hybridized carbons (Fsp3) is 0.846. The van der Waals surface area contributed by atoms with E-state index in [9.17, 15) is 10.1 Å². The Kier molecular flexibility index (Phi) is 6.80. The van der Waals surface area contributed by atoms with Crippen LogP contribution in [0.5, 0.6) is 0 Å². The molecule has 0 unspecified atom stereocenters. The number of carbonyl (C=O) groups excluding carboxylic acids is 1. The number of carbonyl (C=O) groups is 1. The molecule has 0 spiro atoms. The van der Waals surface area contributed by atoms with Crippen molar-refractivity contribution in [2.24, 2.45) is 5.41 Å². The van der Waals surface area contributed by atoms with Crippen LogP contribution in [0.2, 0.25) is 0 Å². The maximum Gasteiger partial charge on any atom is 0.243 e. The Morgan fingerprint density at radius 2 is 1.56 bits per heavy atom. The second-order valence-electron chi connectivity index (χ2n) is 4.19. The van der Waals surface area contributed by atoms with Crippen molar-refractivity contribution in [2.45, 2.75) is 53.4 Å². The third kappa shape index (κ3) is 3.23. The van der Waals surface area contributed by atoms with Crippen molar-refractivity contribution in [3.05, 3.63) is 0 Å². The van der Waals surface area contributed by atoms with Crippen LogP contribution in [0.25, 0.3) is 0 Å². The summed E-state index contributed by atoms with van der Waals surface area (Å²) in [7, 11) is 0. The van der Waals surface area contributed by atoms with E-state index in [1.54, 1.807) is 0 Å². The Bertz CT molecular complexity index is 245. The summed E-state index contributed by atoms with van der Waals surface area (Å²) in [5, 5.41) is 9.23. The summed E-state index contributed by atoms with van der Waals surface area (Å²) in [6.07, 6.45) is 3.09. The van der Waals surface area contributed by atoms with Crippen molar-refractivity contribution in [3.63, 3.8) is 0 Å². The molecular formula is C13H24N2O. The van der Waals surface area contributed by atoms with Crippen molar-refractivity contribution in [1.82, 2.24) is 4.90 Å². The highest BCUT2D eigenvalue weighted by molar-refractivity contribution is 5.85. The van der Waals surface area contributed by atoms with Gasteiger partial charge in [0.2, 0.25) is 5.91 Å². The lowest BCUT2D eigenvalue weighted by Crippen LogP contribution is -2.43. The van der Waals surface area contributed by atoms with Crippen LogP contribution in [-0.2, 0) is 4.79 Å². The Labute approximate surface area is 99.4 Å². The fourth-order valence-electron chi connectivity index (χ4n) is 1.92. The van der Waals surface area contributed by atoms with Crippen LogP contribution >= 0.6 is 0 Å². The minimum absolute atomic E-state index is 0.0173. The van der Waals surface area contributed by atoms with E-state index in [0.717, 1.165) is 25.9 Å². The molecule has 1 amide bonds. The van der Waals surface area contributed by atoms with Crippen molar-refractivity contribution >= 4 is 5.91 Å². The van der Waals surface area contributed by atoms with Crippen LogP contribution in [0.3, 0.4) is 0 Å². The van der Waals surface area contributed by atoms with Crippen molar-refractivity contribution in [3.8, 4) is 6.07 Å². The van der Waals surface area contributed by atoms with Gasteiger partial charge in [-0.15, -0.1) is 0 Å². The Morgan fingerprint density at radius 1 is 1.12 bits per heavy atom.